The molecule has 106 valence electrons. The van der Waals surface area contributed by atoms with Crippen LogP contribution in [-0.4, -0.2) is 16.5 Å². The maximum atomic E-state index is 4.73. The molecule has 0 aliphatic heterocycles. The van der Waals surface area contributed by atoms with E-state index in [1.807, 2.05) is 6.07 Å². The number of aryl methyl sites for hydroxylation is 3. The molecule has 3 nitrogen and oxygen atoms in total. The molecule has 0 radical (unpaired) electrons. The summed E-state index contributed by atoms with van der Waals surface area (Å²) in [6.07, 6.45) is 1.97. The topological polar surface area (TPSA) is 37.8 Å². The average Bonchev–Trinajstić information content (AvgIpc) is 2.42. The van der Waals surface area contributed by atoms with Crippen LogP contribution >= 0.6 is 0 Å². The molecule has 2 rings (SSSR count). The van der Waals surface area contributed by atoms with Gasteiger partial charge in [-0.05, 0) is 38.8 Å². The Morgan fingerprint density at radius 1 is 1.05 bits per heavy atom. The number of rotatable bonds is 5. The molecule has 1 aromatic heterocycles. The zero-order chi connectivity index (χ0) is 14.5. The summed E-state index contributed by atoms with van der Waals surface area (Å²) in [5, 5.41) is 3.30. The highest BCUT2D eigenvalue weighted by molar-refractivity contribution is 5.66. The molecule has 0 fully saturated rings. The molecule has 20 heavy (non-hydrogen) atoms. The lowest BCUT2D eigenvalue weighted by Crippen LogP contribution is -2.05. The molecule has 0 amide bonds. The number of nitrogens with one attached hydrogen (secondary N) is 1. The van der Waals surface area contributed by atoms with E-state index in [0.29, 0.717) is 0 Å². The van der Waals surface area contributed by atoms with E-state index in [1.54, 1.807) is 0 Å². The molecule has 0 spiro atoms. The standard InChI is InChI=1S/C17H23N3/c1-5-7-16-19-15(11-17(20-16)18-6-2)14-10-12(3)8-9-13(14)4/h8-11H,5-7H2,1-4H3,(H,18,19,20). The molecule has 0 bridgehead atoms. The van der Waals surface area contributed by atoms with E-state index in [0.717, 1.165) is 36.7 Å². The molecule has 1 aromatic carbocycles. The Kier molecular flexibility index (Phi) is 4.72. The summed E-state index contributed by atoms with van der Waals surface area (Å²) in [5.41, 5.74) is 4.72. The Balaban J connectivity index is 2.51. The number of aromatic nitrogens is 2. The van der Waals surface area contributed by atoms with Crippen LogP contribution in [0, 0.1) is 13.8 Å². The summed E-state index contributed by atoms with van der Waals surface area (Å²) in [6, 6.07) is 8.53. The van der Waals surface area contributed by atoms with Gasteiger partial charge in [0.25, 0.3) is 0 Å². The SMILES string of the molecule is CCCc1nc(NCC)cc(-c2cc(C)ccc2C)n1. The van der Waals surface area contributed by atoms with Gasteiger partial charge in [0.05, 0.1) is 5.69 Å². The van der Waals surface area contributed by atoms with Crippen LogP contribution in [0.5, 0.6) is 0 Å². The highest BCUT2D eigenvalue weighted by Crippen LogP contribution is 2.25. The van der Waals surface area contributed by atoms with Gasteiger partial charge < -0.3 is 5.32 Å². The van der Waals surface area contributed by atoms with E-state index >= 15 is 0 Å². The third kappa shape index (κ3) is 3.35. The van der Waals surface area contributed by atoms with Crippen LogP contribution in [0.4, 0.5) is 5.82 Å². The van der Waals surface area contributed by atoms with E-state index in [2.05, 4.69) is 56.2 Å². The van der Waals surface area contributed by atoms with Gasteiger partial charge in [-0.3, -0.25) is 0 Å². The lowest BCUT2D eigenvalue weighted by molar-refractivity contribution is 0.836. The van der Waals surface area contributed by atoms with Gasteiger partial charge in [-0.2, -0.15) is 0 Å². The molecule has 0 saturated heterocycles. The zero-order valence-electron chi connectivity index (χ0n) is 12.8. The fourth-order valence-corrected chi connectivity index (χ4v) is 2.25. The third-order valence-corrected chi connectivity index (χ3v) is 3.27. The van der Waals surface area contributed by atoms with Crippen molar-refractivity contribution in [2.75, 3.05) is 11.9 Å². The molecule has 3 heteroatoms. The summed E-state index contributed by atoms with van der Waals surface area (Å²) in [7, 11) is 0. The van der Waals surface area contributed by atoms with Gasteiger partial charge in [0.2, 0.25) is 0 Å². The molecular weight excluding hydrogens is 246 g/mol. The first kappa shape index (κ1) is 14.5. The van der Waals surface area contributed by atoms with Gasteiger partial charge in [0.1, 0.15) is 11.6 Å². The molecule has 0 unspecified atom stereocenters. The summed E-state index contributed by atoms with van der Waals surface area (Å²) >= 11 is 0. The molecule has 0 saturated carbocycles. The molecular formula is C17H23N3. The lowest BCUT2D eigenvalue weighted by atomic mass is 10.0. The number of benzene rings is 1. The summed E-state index contributed by atoms with van der Waals surface area (Å²) in [5.74, 6) is 1.84. The maximum absolute atomic E-state index is 4.73. The van der Waals surface area contributed by atoms with Crippen molar-refractivity contribution in [3.8, 4) is 11.3 Å². The van der Waals surface area contributed by atoms with Gasteiger partial charge in [0.15, 0.2) is 0 Å². The highest BCUT2D eigenvalue weighted by Gasteiger charge is 2.08. The molecule has 0 aliphatic rings. The Hall–Kier alpha value is -1.90. The molecule has 0 aliphatic carbocycles. The van der Waals surface area contributed by atoms with Crippen molar-refractivity contribution in [2.24, 2.45) is 0 Å². The number of hydrogen-bond acceptors (Lipinski definition) is 3. The Bertz CT molecular complexity index is 567. The Morgan fingerprint density at radius 3 is 2.55 bits per heavy atom. The normalized spacial score (nSPS) is 10.6. The van der Waals surface area contributed by atoms with E-state index in [4.69, 9.17) is 4.98 Å². The zero-order valence-corrected chi connectivity index (χ0v) is 12.8. The van der Waals surface area contributed by atoms with Gasteiger partial charge in [-0.25, -0.2) is 9.97 Å². The quantitative estimate of drug-likeness (QED) is 0.886. The average molecular weight is 269 g/mol. The van der Waals surface area contributed by atoms with Crippen molar-refractivity contribution in [2.45, 2.75) is 40.5 Å². The second-order valence-corrected chi connectivity index (χ2v) is 5.15. The minimum absolute atomic E-state index is 0.870. The summed E-state index contributed by atoms with van der Waals surface area (Å²) < 4.78 is 0. The monoisotopic (exact) mass is 269 g/mol. The first-order chi connectivity index (χ1) is 9.63. The van der Waals surface area contributed by atoms with E-state index < -0.39 is 0 Å². The van der Waals surface area contributed by atoms with Crippen molar-refractivity contribution in [3.63, 3.8) is 0 Å². The second kappa shape index (κ2) is 6.51. The van der Waals surface area contributed by atoms with Gasteiger partial charge >= 0.3 is 0 Å². The second-order valence-electron chi connectivity index (χ2n) is 5.15. The fraction of sp³-hybridized carbons (Fsp3) is 0.412. The minimum atomic E-state index is 0.870. The molecule has 0 atom stereocenters. The van der Waals surface area contributed by atoms with Crippen molar-refractivity contribution in [1.29, 1.82) is 0 Å². The van der Waals surface area contributed by atoms with Gasteiger partial charge in [-0.1, -0.05) is 24.6 Å². The van der Waals surface area contributed by atoms with Gasteiger partial charge in [0, 0.05) is 24.6 Å². The number of anilines is 1. The van der Waals surface area contributed by atoms with E-state index in [9.17, 15) is 0 Å². The lowest BCUT2D eigenvalue weighted by Gasteiger charge is -2.11. The largest absolute Gasteiger partial charge is 0.370 e. The Morgan fingerprint density at radius 2 is 1.85 bits per heavy atom. The van der Waals surface area contributed by atoms with Crippen LogP contribution in [0.3, 0.4) is 0 Å². The first-order valence-corrected chi connectivity index (χ1v) is 7.33. The maximum Gasteiger partial charge on any atom is 0.131 e. The summed E-state index contributed by atoms with van der Waals surface area (Å²) in [4.78, 5) is 9.29. The van der Waals surface area contributed by atoms with Crippen LogP contribution < -0.4 is 5.32 Å². The van der Waals surface area contributed by atoms with Crippen molar-refractivity contribution >= 4 is 5.82 Å². The summed E-state index contributed by atoms with van der Waals surface area (Å²) in [6.45, 7) is 9.35. The van der Waals surface area contributed by atoms with E-state index in [1.165, 1.54) is 16.7 Å². The van der Waals surface area contributed by atoms with Crippen LogP contribution in [0.2, 0.25) is 0 Å². The third-order valence-electron chi connectivity index (χ3n) is 3.27. The number of hydrogen-bond donors (Lipinski definition) is 1. The fourth-order valence-electron chi connectivity index (χ4n) is 2.25. The molecule has 1 heterocycles. The smallest absolute Gasteiger partial charge is 0.131 e. The van der Waals surface area contributed by atoms with Crippen LogP contribution in [-0.2, 0) is 6.42 Å². The van der Waals surface area contributed by atoms with Crippen LogP contribution in [0.25, 0.3) is 11.3 Å². The van der Waals surface area contributed by atoms with Crippen molar-refractivity contribution < 1.29 is 0 Å². The van der Waals surface area contributed by atoms with Gasteiger partial charge in [-0.15, -0.1) is 0 Å². The predicted molar refractivity (Wildman–Crippen MR) is 85.1 cm³/mol. The minimum Gasteiger partial charge on any atom is -0.370 e. The van der Waals surface area contributed by atoms with E-state index in [-0.39, 0.29) is 0 Å². The van der Waals surface area contributed by atoms with Crippen LogP contribution in [0.15, 0.2) is 24.3 Å². The van der Waals surface area contributed by atoms with Crippen molar-refractivity contribution in [3.05, 3.63) is 41.2 Å². The van der Waals surface area contributed by atoms with Crippen LogP contribution in [0.1, 0.15) is 37.2 Å². The highest BCUT2D eigenvalue weighted by atomic mass is 15.0. The first-order valence-electron chi connectivity index (χ1n) is 7.33. The number of nitrogens with zero attached hydrogens (tertiary/aromatic N) is 2. The van der Waals surface area contributed by atoms with Crippen molar-refractivity contribution in [1.82, 2.24) is 9.97 Å². The molecule has 1 N–H and O–H groups in total. The Labute approximate surface area is 121 Å². The predicted octanol–water partition coefficient (Wildman–Crippen LogP) is 4.14. The molecule has 2 aromatic rings.